The molecule has 0 radical (unpaired) electrons. The van der Waals surface area contributed by atoms with Crippen LogP contribution in [0.1, 0.15) is 18.1 Å². The fourth-order valence-corrected chi connectivity index (χ4v) is 3.04. The van der Waals surface area contributed by atoms with E-state index in [4.69, 9.17) is 0 Å². The molecule has 3 nitrogen and oxygen atoms in total. The third-order valence-corrected chi connectivity index (χ3v) is 4.27. The van der Waals surface area contributed by atoms with Crippen LogP contribution in [0.25, 0.3) is 0 Å². The van der Waals surface area contributed by atoms with Crippen LogP contribution in [0.2, 0.25) is 0 Å². The second-order valence-corrected chi connectivity index (χ2v) is 6.08. The molecule has 1 N–H and O–H groups in total. The van der Waals surface area contributed by atoms with Gasteiger partial charge in [0.2, 0.25) is 0 Å². The van der Waals surface area contributed by atoms with Crippen molar-refractivity contribution in [2.75, 3.05) is 18.4 Å². The predicted molar refractivity (Wildman–Crippen MR) is 87.3 cm³/mol. The lowest BCUT2D eigenvalue weighted by molar-refractivity contribution is 0.319. The number of aryl methyl sites for hydroxylation is 1. The Balaban J connectivity index is 1.62. The van der Waals surface area contributed by atoms with Crippen LogP contribution in [0.5, 0.6) is 0 Å². The lowest BCUT2D eigenvalue weighted by Crippen LogP contribution is -2.28. The fourth-order valence-electron chi connectivity index (χ4n) is 3.04. The molecule has 1 saturated heterocycles. The average molecular weight is 281 g/mol. The molecule has 0 bridgehead atoms. The molecule has 110 valence electrons. The van der Waals surface area contributed by atoms with Crippen LogP contribution >= 0.6 is 0 Å². The Morgan fingerprint density at radius 3 is 2.71 bits per heavy atom. The van der Waals surface area contributed by atoms with Gasteiger partial charge in [0.25, 0.3) is 0 Å². The molecule has 2 heterocycles. The summed E-state index contributed by atoms with van der Waals surface area (Å²) in [7, 11) is 0. The zero-order valence-electron chi connectivity index (χ0n) is 12.8. The monoisotopic (exact) mass is 281 g/mol. The number of pyridine rings is 1. The number of anilines is 1. The number of nitrogens with zero attached hydrogens (tertiary/aromatic N) is 2. The van der Waals surface area contributed by atoms with Crippen LogP contribution < -0.4 is 5.32 Å². The van der Waals surface area contributed by atoms with Gasteiger partial charge in [0.05, 0.1) is 0 Å². The van der Waals surface area contributed by atoms with Gasteiger partial charge < -0.3 is 5.32 Å². The molecule has 0 spiro atoms. The Kier molecular flexibility index (Phi) is 4.20. The first-order valence-corrected chi connectivity index (χ1v) is 7.67. The van der Waals surface area contributed by atoms with Crippen molar-refractivity contribution in [3.8, 4) is 0 Å². The van der Waals surface area contributed by atoms with E-state index in [1.165, 1.54) is 11.1 Å². The number of hydrogen-bond acceptors (Lipinski definition) is 3. The predicted octanol–water partition coefficient (Wildman–Crippen LogP) is 3.32. The third-order valence-electron chi connectivity index (χ3n) is 4.27. The van der Waals surface area contributed by atoms with Gasteiger partial charge in [0.15, 0.2) is 0 Å². The summed E-state index contributed by atoms with van der Waals surface area (Å²) in [5, 5.41) is 3.62. The van der Waals surface area contributed by atoms with Gasteiger partial charge in [-0.15, -0.1) is 0 Å². The molecule has 1 aromatic carbocycles. The SMILES string of the molecule is Cc1cccnc1NC1CN(Cc2ccccc2)CC1C. The van der Waals surface area contributed by atoms with Gasteiger partial charge in [-0.1, -0.05) is 43.3 Å². The summed E-state index contributed by atoms with van der Waals surface area (Å²) in [5.41, 5.74) is 2.60. The van der Waals surface area contributed by atoms with E-state index in [1.807, 2.05) is 12.3 Å². The normalized spacial score (nSPS) is 22.4. The molecular weight excluding hydrogens is 258 g/mol. The van der Waals surface area contributed by atoms with E-state index < -0.39 is 0 Å². The van der Waals surface area contributed by atoms with E-state index in [9.17, 15) is 0 Å². The molecule has 2 atom stereocenters. The third kappa shape index (κ3) is 3.42. The van der Waals surface area contributed by atoms with E-state index in [-0.39, 0.29) is 0 Å². The van der Waals surface area contributed by atoms with Crippen molar-refractivity contribution in [1.82, 2.24) is 9.88 Å². The highest BCUT2D eigenvalue weighted by molar-refractivity contribution is 5.43. The second-order valence-electron chi connectivity index (χ2n) is 6.08. The van der Waals surface area contributed by atoms with E-state index in [0.29, 0.717) is 12.0 Å². The molecule has 0 saturated carbocycles. The first-order valence-electron chi connectivity index (χ1n) is 7.67. The number of benzene rings is 1. The van der Waals surface area contributed by atoms with Crippen LogP contribution in [0.3, 0.4) is 0 Å². The Morgan fingerprint density at radius 1 is 1.14 bits per heavy atom. The number of aromatic nitrogens is 1. The Hall–Kier alpha value is -1.87. The van der Waals surface area contributed by atoms with Crippen LogP contribution in [0, 0.1) is 12.8 Å². The van der Waals surface area contributed by atoms with Crippen molar-refractivity contribution in [3.05, 3.63) is 59.8 Å². The largest absolute Gasteiger partial charge is 0.366 e. The molecule has 0 aliphatic carbocycles. The Labute approximate surface area is 127 Å². The molecule has 2 aromatic rings. The summed E-state index contributed by atoms with van der Waals surface area (Å²) >= 11 is 0. The molecule has 1 aliphatic rings. The number of rotatable bonds is 4. The van der Waals surface area contributed by atoms with Crippen molar-refractivity contribution < 1.29 is 0 Å². The quantitative estimate of drug-likeness (QED) is 0.932. The van der Waals surface area contributed by atoms with Crippen molar-refractivity contribution in [2.24, 2.45) is 5.92 Å². The van der Waals surface area contributed by atoms with Gasteiger partial charge in [0.1, 0.15) is 5.82 Å². The van der Waals surface area contributed by atoms with Gasteiger partial charge in [-0.3, -0.25) is 4.90 Å². The molecule has 1 fully saturated rings. The minimum absolute atomic E-state index is 0.474. The topological polar surface area (TPSA) is 28.2 Å². The molecule has 1 aromatic heterocycles. The highest BCUT2D eigenvalue weighted by Crippen LogP contribution is 2.23. The zero-order valence-corrected chi connectivity index (χ0v) is 12.8. The summed E-state index contributed by atoms with van der Waals surface area (Å²) in [4.78, 5) is 6.98. The lowest BCUT2D eigenvalue weighted by Gasteiger charge is -2.19. The van der Waals surface area contributed by atoms with Gasteiger partial charge in [0, 0.05) is 31.9 Å². The second kappa shape index (κ2) is 6.27. The molecule has 21 heavy (non-hydrogen) atoms. The van der Waals surface area contributed by atoms with E-state index in [1.54, 1.807) is 0 Å². The minimum atomic E-state index is 0.474. The summed E-state index contributed by atoms with van der Waals surface area (Å²) in [6, 6.07) is 15.3. The van der Waals surface area contributed by atoms with E-state index >= 15 is 0 Å². The van der Waals surface area contributed by atoms with Crippen molar-refractivity contribution in [2.45, 2.75) is 26.4 Å². The smallest absolute Gasteiger partial charge is 0.129 e. The summed E-state index contributed by atoms with van der Waals surface area (Å²) < 4.78 is 0. The standard InChI is InChI=1S/C18H23N3/c1-14-7-6-10-19-18(14)20-17-13-21(11-15(17)2)12-16-8-4-3-5-9-16/h3-10,15,17H,11-13H2,1-2H3,(H,19,20). The minimum Gasteiger partial charge on any atom is -0.366 e. The van der Waals surface area contributed by atoms with E-state index in [0.717, 1.165) is 25.5 Å². The van der Waals surface area contributed by atoms with Crippen LogP contribution in [-0.4, -0.2) is 29.0 Å². The molecule has 0 amide bonds. The molecule has 2 unspecified atom stereocenters. The van der Waals surface area contributed by atoms with Crippen molar-refractivity contribution in [1.29, 1.82) is 0 Å². The van der Waals surface area contributed by atoms with Crippen LogP contribution in [-0.2, 0) is 6.54 Å². The molecule has 1 aliphatic heterocycles. The Bertz CT molecular complexity index is 582. The molecule has 3 rings (SSSR count). The maximum Gasteiger partial charge on any atom is 0.129 e. The van der Waals surface area contributed by atoms with Gasteiger partial charge >= 0.3 is 0 Å². The fraction of sp³-hybridized carbons (Fsp3) is 0.389. The summed E-state index contributed by atoms with van der Waals surface area (Å²) in [6.07, 6.45) is 1.86. The zero-order chi connectivity index (χ0) is 14.7. The summed E-state index contributed by atoms with van der Waals surface area (Å²) in [6.45, 7) is 7.67. The first-order chi connectivity index (χ1) is 10.2. The maximum absolute atomic E-state index is 4.46. The Morgan fingerprint density at radius 2 is 1.95 bits per heavy atom. The highest BCUT2D eigenvalue weighted by atomic mass is 15.2. The highest BCUT2D eigenvalue weighted by Gasteiger charge is 2.29. The maximum atomic E-state index is 4.46. The molecular formula is C18H23N3. The molecule has 3 heteroatoms. The van der Waals surface area contributed by atoms with Gasteiger partial charge in [-0.2, -0.15) is 0 Å². The first kappa shape index (κ1) is 14.1. The van der Waals surface area contributed by atoms with Crippen LogP contribution in [0.4, 0.5) is 5.82 Å². The summed E-state index contributed by atoms with van der Waals surface area (Å²) in [5.74, 6) is 1.66. The van der Waals surface area contributed by atoms with Gasteiger partial charge in [-0.05, 0) is 30.0 Å². The van der Waals surface area contributed by atoms with Crippen molar-refractivity contribution in [3.63, 3.8) is 0 Å². The van der Waals surface area contributed by atoms with E-state index in [2.05, 4.69) is 65.4 Å². The number of hydrogen-bond donors (Lipinski definition) is 1. The van der Waals surface area contributed by atoms with Crippen LogP contribution in [0.15, 0.2) is 48.7 Å². The number of likely N-dealkylation sites (tertiary alicyclic amines) is 1. The average Bonchev–Trinajstić information content (AvgIpc) is 2.82. The van der Waals surface area contributed by atoms with Gasteiger partial charge in [-0.25, -0.2) is 4.98 Å². The lowest BCUT2D eigenvalue weighted by atomic mass is 10.1. The number of nitrogens with one attached hydrogen (secondary N) is 1. The van der Waals surface area contributed by atoms with Crippen molar-refractivity contribution >= 4 is 5.82 Å².